The first-order chi connectivity index (χ1) is 9.40. The van der Waals surface area contributed by atoms with Crippen molar-refractivity contribution >= 4 is 11.6 Å². The molecule has 3 rings (SSSR count). The van der Waals surface area contributed by atoms with Gasteiger partial charge in [0.25, 0.3) is 5.56 Å². The van der Waals surface area contributed by atoms with E-state index in [1.807, 2.05) is 6.92 Å². The normalized spacial score (nSPS) is 31.6. The van der Waals surface area contributed by atoms with Crippen LogP contribution in [0, 0.1) is 12.3 Å². The van der Waals surface area contributed by atoms with Crippen molar-refractivity contribution in [1.29, 1.82) is 0 Å². The number of aromatic nitrogens is 1. The summed E-state index contributed by atoms with van der Waals surface area (Å²) in [6, 6.07) is 1.72. The molecular formula is C15H20N2O3. The minimum atomic E-state index is -0.453. The van der Waals surface area contributed by atoms with E-state index in [9.17, 15) is 9.59 Å². The molecule has 0 radical (unpaired) electrons. The minimum Gasteiger partial charge on any atom is -0.374 e. The highest BCUT2D eigenvalue weighted by Gasteiger charge is 2.53. The number of nitrogens with zero attached hydrogens (tertiary/aromatic N) is 1. The van der Waals surface area contributed by atoms with Crippen LogP contribution in [0.5, 0.6) is 0 Å². The molecular weight excluding hydrogens is 256 g/mol. The Labute approximate surface area is 117 Å². The molecule has 1 N–H and O–H groups in total. The van der Waals surface area contributed by atoms with Gasteiger partial charge in [-0.15, -0.1) is 0 Å². The second-order valence-electron chi connectivity index (χ2n) is 6.23. The Morgan fingerprint density at radius 2 is 2.25 bits per heavy atom. The van der Waals surface area contributed by atoms with Crippen LogP contribution in [0.3, 0.4) is 0 Å². The number of carbonyl (C=O) groups is 1. The van der Waals surface area contributed by atoms with Gasteiger partial charge in [-0.2, -0.15) is 0 Å². The number of anilines is 1. The van der Waals surface area contributed by atoms with Gasteiger partial charge in [-0.05, 0) is 39.2 Å². The van der Waals surface area contributed by atoms with Crippen LogP contribution in [-0.2, 0) is 16.6 Å². The van der Waals surface area contributed by atoms with Crippen molar-refractivity contribution in [3.63, 3.8) is 0 Å². The lowest BCUT2D eigenvalue weighted by molar-refractivity contribution is -0.127. The van der Waals surface area contributed by atoms with Crippen molar-refractivity contribution in [3.8, 4) is 0 Å². The molecule has 1 aromatic heterocycles. The Morgan fingerprint density at radius 3 is 2.80 bits per heavy atom. The van der Waals surface area contributed by atoms with E-state index in [1.54, 1.807) is 26.2 Å². The zero-order chi connectivity index (χ0) is 14.5. The van der Waals surface area contributed by atoms with Crippen molar-refractivity contribution in [2.75, 3.05) is 5.32 Å². The summed E-state index contributed by atoms with van der Waals surface area (Å²) in [5.74, 6) is -0.0113. The lowest BCUT2D eigenvalue weighted by Crippen LogP contribution is -2.41. The third kappa shape index (κ3) is 1.97. The predicted octanol–water partition coefficient (Wildman–Crippen LogP) is 1.59. The van der Waals surface area contributed by atoms with Crippen LogP contribution in [0.25, 0.3) is 0 Å². The maximum atomic E-state index is 12.6. The standard InChI is InChI=1S/C15H20N2O3/c1-9-6-10(8-17(3)13(9)18)16-14(19)15(2)7-11-4-5-12(15)20-11/h6,8,11-12H,4-5,7H2,1-3H3,(H,16,19). The summed E-state index contributed by atoms with van der Waals surface area (Å²) in [4.78, 5) is 24.2. The molecule has 2 aliphatic heterocycles. The minimum absolute atomic E-state index is 0.0113. The fraction of sp³-hybridized carbons (Fsp3) is 0.600. The molecule has 0 aromatic carbocycles. The van der Waals surface area contributed by atoms with Crippen molar-refractivity contribution in [1.82, 2.24) is 4.57 Å². The number of carbonyl (C=O) groups excluding carboxylic acids is 1. The monoisotopic (exact) mass is 276 g/mol. The van der Waals surface area contributed by atoms with Gasteiger partial charge in [0.2, 0.25) is 5.91 Å². The van der Waals surface area contributed by atoms with Gasteiger partial charge in [0.15, 0.2) is 0 Å². The van der Waals surface area contributed by atoms with E-state index in [1.165, 1.54) is 4.57 Å². The van der Waals surface area contributed by atoms with Gasteiger partial charge in [0.1, 0.15) is 0 Å². The fourth-order valence-corrected chi connectivity index (χ4v) is 3.39. The largest absolute Gasteiger partial charge is 0.374 e. The SMILES string of the molecule is Cc1cc(NC(=O)C2(C)CC3CCC2O3)cn(C)c1=O. The van der Waals surface area contributed by atoms with Gasteiger partial charge in [0, 0.05) is 18.8 Å². The van der Waals surface area contributed by atoms with Gasteiger partial charge < -0.3 is 14.6 Å². The van der Waals surface area contributed by atoms with E-state index in [0.29, 0.717) is 11.3 Å². The zero-order valence-electron chi connectivity index (χ0n) is 12.1. The molecule has 2 aliphatic rings. The molecule has 3 unspecified atom stereocenters. The van der Waals surface area contributed by atoms with Gasteiger partial charge in [0.05, 0.1) is 23.3 Å². The predicted molar refractivity (Wildman–Crippen MR) is 75.7 cm³/mol. The number of hydrogen-bond donors (Lipinski definition) is 1. The third-order valence-corrected chi connectivity index (χ3v) is 4.61. The summed E-state index contributed by atoms with van der Waals surface area (Å²) >= 11 is 0. The van der Waals surface area contributed by atoms with E-state index in [2.05, 4.69) is 5.32 Å². The molecule has 5 heteroatoms. The Balaban J connectivity index is 1.81. The Hall–Kier alpha value is -1.62. The average molecular weight is 276 g/mol. The number of pyridine rings is 1. The van der Waals surface area contributed by atoms with Gasteiger partial charge in [-0.25, -0.2) is 0 Å². The maximum Gasteiger partial charge on any atom is 0.253 e. The van der Waals surface area contributed by atoms with Gasteiger partial charge in [-0.1, -0.05) is 0 Å². The Bertz CT molecular complexity index is 596. The van der Waals surface area contributed by atoms with E-state index < -0.39 is 5.41 Å². The quantitative estimate of drug-likeness (QED) is 0.892. The first-order valence-electron chi connectivity index (χ1n) is 7.04. The highest BCUT2D eigenvalue weighted by molar-refractivity contribution is 5.95. The number of aryl methyl sites for hydroxylation is 2. The van der Waals surface area contributed by atoms with Crippen molar-refractivity contribution in [2.24, 2.45) is 12.5 Å². The lowest BCUT2D eigenvalue weighted by Gasteiger charge is -2.29. The number of hydrogen-bond acceptors (Lipinski definition) is 3. The summed E-state index contributed by atoms with van der Waals surface area (Å²) < 4.78 is 7.29. The van der Waals surface area contributed by atoms with Crippen LogP contribution in [0.15, 0.2) is 17.1 Å². The van der Waals surface area contributed by atoms with Gasteiger partial charge >= 0.3 is 0 Å². The molecule has 108 valence electrons. The average Bonchev–Trinajstić information content (AvgIpc) is 2.96. The summed E-state index contributed by atoms with van der Waals surface area (Å²) in [5, 5.41) is 2.94. The molecule has 0 saturated carbocycles. The van der Waals surface area contributed by atoms with E-state index in [-0.39, 0.29) is 23.7 Å². The highest BCUT2D eigenvalue weighted by Crippen LogP contribution is 2.48. The van der Waals surface area contributed by atoms with Crippen molar-refractivity contribution in [2.45, 2.75) is 45.3 Å². The first kappa shape index (κ1) is 13.4. The zero-order valence-corrected chi connectivity index (χ0v) is 12.1. The third-order valence-electron chi connectivity index (χ3n) is 4.61. The number of amides is 1. The smallest absolute Gasteiger partial charge is 0.253 e. The molecule has 1 amide bonds. The Kier molecular flexibility index (Phi) is 2.97. The molecule has 2 fully saturated rings. The summed E-state index contributed by atoms with van der Waals surface area (Å²) in [7, 11) is 1.69. The lowest BCUT2D eigenvalue weighted by atomic mass is 9.75. The molecule has 1 aromatic rings. The molecule has 3 atom stereocenters. The number of ether oxygens (including phenoxy) is 1. The van der Waals surface area contributed by atoms with Crippen LogP contribution in [0.4, 0.5) is 5.69 Å². The highest BCUT2D eigenvalue weighted by atomic mass is 16.5. The summed E-state index contributed by atoms with van der Waals surface area (Å²) in [6.07, 6.45) is 4.73. The van der Waals surface area contributed by atoms with E-state index in [0.717, 1.165) is 19.3 Å². The fourth-order valence-electron chi connectivity index (χ4n) is 3.39. The molecule has 5 nitrogen and oxygen atoms in total. The summed E-state index contributed by atoms with van der Waals surface area (Å²) in [6.45, 7) is 3.72. The van der Waals surface area contributed by atoms with Crippen LogP contribution in [0.1, 0.15) is 31.7 Å². The van der Waals surface area contributed by atoms with Crippen LogP contribution in [0.2, 0.25) is 0 Å². The molecule has 0 aliphatic carbocycles. The second kappa shape index (κ2) is 4.45. The number of nitrogens with one attached hydrogen (secondary N) is 1. The maximum absolute atomic E-state index is 12.6. The first-order valence-corrected chi connectivity index (χ1v) is 7.04. The summed E-state index contributed by atoms with van der Waals surface area (Å²) in [5.41, 5.74) is 0.793. The topological polar surface area (TPSA) is 60.3 Å². The van der Waals surface area contributed by atoms with Crippen LogP contribution < -0.4 is 10.9 Å². The molecule has 0 spiro atoms. The molecule has 3 heterocycles. The van der Waals surface area contributed by atoms with E-state index in [4.69, 9.17) is 4.74 Å². The van der Waals surface area contributed by atoms with Crippen molar-refractivity contribution in [3.05, 3.63) is 28.2 Å². The van der Waals surface area contributed by atoms with Gasteiger partial charge in [-0.3, -0.25) is 9.59 Å². The van der Waals surface area contributed by atoms with Crippen LogP contribution in [-0.4, -0.2) is 22.7 Å². The number of fused-ring (bicyclic) bond motifs is 2. The van der Waals surface area contributed by atoms with Crippen LogP contribution >= 0.6 is 0 Å². The van der Waals surface area contributed by atoms with E-state index >= 15 is 0 Å². The molecule has 20 heavy (non-hydrogen) atoms. The molecule has 2 bridgehead atoms. The Morgan fingerprint density at radius 1 is 1.50 bits per heavy atom. The van der Waals surface area contributed by atoms with Crippen molar-refractivity contribution < 1.29 is 9.53 Å². The number of rotatable bonds is 2. The molecule has 2 saturated heterocycles. The second-order valence-corrected chi connectivity index (χ2v) is 6.23.